The molecule has 4 nitrogen and oxygen atoms in total. The van der Waals surface area contributed by atoms with Gasteiger partial charge in [0, 0.05) is 6.42 Å². The molecule has 1 heterocycles. The molecule has 0 saturated carbocycles. The van der Waals surface area contributed by atoms with Gasteiger partial charge in [0.15, 0.2) is 0 Å². The predicted molar refractivity (Wildman–Crippen MR) is 65.1 cm³/mol. The second-order valence-electron chi connectivity index (χ2n) is 3.32. The third kappa shape index (κ3) is 1.99. The Morgan fingerprint density at radius 1 is 1.31 bits per heavy atom. The molecule has 1 amide bonds. The number of rotatable bonds is 1. The highest BCUT2D eigenvalue weighted by Gasteiger charge is 2.23. The normalized spacial score (nSPS) is 16.2. The lowest BCUT2D eigenvalue weighted by molar-refractivity contribution is -0.117. The van der Waals surface area contributed by atoms with Gasteiger partial charge in [-0.3, -0.25) is 14.7 Å². The molecule has 1 aromatic rings. The van der Waals surface area contributed by atoms with Crippen molar-refractivity contribution in [2.24, 2.45) is 10.7 Å². The quantitative estimate of drug-likeness (QED) is 0.837. The maximum atomic E-state index is 11.7. The molecule has 0 bridgehead atoms. The second-order valence-corrected chi connectivity index (χ2v) is 4.13. The van der Waals surface area contributed by atoms with Crippen LogP contribution in [0.1, 0.15) is 6.42 Å². The van der Waals surface area contributed by atoms with E-state index in [0.29, 0.717) is 28.7 Å². The first-order valence-electron chi connectivity index (χ1n) is 4.67. The molecule has 0 atom stereocenters. The summed E-state index contributed by atoms with van der Waals surface area (Å²) in [4.78, 5) is 17.0. The number of halogens is 2. The van der Waals surface area contributed by atoms with Crippen LogP contribution in [0.4, 0.5) is 5.69 Å². The van der Waals surface area contributed by atoms with Crippen molar-refractivity contribution in [3.63, 3.8) is 0 Å². The van der Waals surface area contributed by atoms with Crippen molar-refractivity contribution in [2.75, 3.05) is 11.4 Å². The lowest BCUT2D eigenvalue weighted by Gasteiger charge is -2.24. The van der Waals surface area contributed by atoms with Crippen molar-refractivity contribution in [1.29, 1.82) is 0 Å². The summed E-state index contributed by atoms with van der Waals surface area (Å²) in [5.74, 6) is 0.0977. The Morgan fingerprint density at radius 2 is 2.06 bits per heavy atom. The average molecular weight is 258 g/mol. The molecule has 2 rings (SSSR count). The Morgan fingerprint density at radius 3 is 2.69 bits per heavy atom. The van der Waals surface area contributed by atoms with Gasteiger partial charge in [0.25, 0.3) is 0 Å². The number of amides is 1. The summed E-state index contributed by atoms with van der Waals surface area (Å²) in [6, 6.07) is 4.89. The van der Waals surface area contributed by atoms with Crippen LogP contribution < -0.4 is 10.6 Å². The van der Waals surface area contributed by atoms with Crippen molar-refractivity contribution < 1.29 is 4.79 Å². The number of guanidine groups is 1. The second kappa shape index (κ2) is 4.31. The molecule has 0 aromatic heterocycles. The van der Waals surface area contributed by atoms with Gasteiger partial charge in [0.2, 0.25) is 11.9 Å². The van der Waals surface area contributed by atoms with E-state index in [-0.39, 0.29) is 11.9 Å². The number of hydrogen-bond acceptors (Lipinski definition) is 3. The summed E-state index contributed by atoms with van der Waals surface area (Å²) in [6.45, 7) is 0.433. The Hall–Kier alpha value is -1.26. The van der Waals surface area contributed by atoms with Crippen LogP contribution in [0.3, 0.4) is 0 Å². The smallest absolute Gasteiger partial charge is 0.235 e. The SMILES string of the molecule is NC1=NCCC(=O)N1c1ccc(Cl)c(Cl)c1. The number of nitrogens with zero attached hydrogens (tertiary/aromatic N) is 2. The molecule has 0 saturated heterocycles. The average Bonchev–Trinajstić information content (AvgIpc) is 2.23. The van der Waals surface area contributed by atoms with Crippen LogP contribution in [-0.2, 0) is 4.79 Å². The number of anilines is 1. The van der Waals surface area contributed by atoms with E-state index in [2.05, 4.69) is 4.99 Å². The molecule has 1 aliphatic rings. The van der Waals surface area contributed by atoms with E-state index >= 15 is 0 Å². The molecular formula is C10H9Cl2N3O. The van der Waals surface area contributed by atoms with Gasteiger partial charge in [-0.15, -0.1) is 0 Å². The van der Waals surface area contributed by atoms with Gasteiger partial charge in [0.05, 0.1) is 22.3 Å². The first kappa shape index (κ1) is 11.2. The predicted octanol–water partition coefficient (Wildman–Crippen LogP) is 2.04. The monoisotopic (exact) mass is 257 g/mol. The molecule has 2 N–H and O–H groups in total. The van der Waals surface area contributed by atoms with Crippen LogP contribution in [0.15, 0.2) is 23.2 Å². The van der Waals surface area contributed by atoms with E-state index < -0.39 is 0 Å². The standard InChI is InChI=1S/C10H9Cl2N3O/c11-7-2-1-6(5-8(7)12)15-9(16)3-4-14-10(15)13/h1-2,5H,3-4H2,(H2,13,14). The van der Waals surface area contributed by atoms with Crippen LogP contribution in [-0.4, -0.2) is 18.4 Å². The number of carbonyl (C=O) groups is 1. The molecule has 0 spiro atoms. The van der Waals surface area contributed by atoms with Crippen LogP contribution in [0.25, 0.3) is 0 Å². The molecule has 0 radical (unpaired) electrons. The minimum absolute atomic E-state index is 0.0918. The van der Waals surface area contributed by atoms with E-state index in [4.69, 9.17) is 28.9 Å². The minimum Gasteiger partial charge on any atom is -0.369 e. The Kier molecular flexibility index (Phi) is 3.03. The molecule has 1 aliphatic heterocycles. The van der Waals surface area contributed by atoms with Gasteiger partial charge < -0.3 is 5.73 Å². The summed E-state index contributed by atoms with van der Waals surface area (Å²) in [5, 5.41) is 0.815. The third-order valence-corrected chi connectivity index (χ3v) is 2.98. The molecule has 0 aliphatic carbocycles. The zero-order valence-corrected chi connectivity index (χ0v) is 9.79. The van der Waals surface area contributed by atoms with Crippen molar-refractivity contribution in [2.45, 2.75) is 6.42 Å². The summed E-state index contributed by atoms with van der Waals surface area (Å²) in [5.41, 5.74) is 6.25. The fourth-order valence-electron chi connectivity index (χ4n) is 1.48. The van der Waals surface area contributed by atoms with Gasteiger partial charge in [-0.2, -0.15) is 0 Å². The van der Waals surface area contributed by atoms with Gasteiger partial charge in [-0.1, -0.05) is 23.2 Å². The topological polar surface area (TPSA) is 58.7 Å². The summed E-state index contributed by atoms with van der Waals surface area (Å²) in [7, 11) is 0. The highest BCUT2D eigenvalue weighted by molar-refractivity contribution is 6.42. The molecule has 6 heteroatoms. The van der Waals surface area contributed by atoms with Crippen molar-refractivity contribution in [3.8, 4) is 0 Å². The van der Waals surface area contributed by atoms with Crippen LogP contribution in [0, 0.1) is 0 Å². The first-order chi connectivity index (χ1) is 7.59. The largest absolute Gasteiger partial charge is 0.369 e. The Balaban J connectivity index is 2.42. The van der Waals surface area contributed by atoms with E-state index in [9.17, 15) is 4.79 Å². The molecule has 84 valence electrons. The molecule has 0 fully saturated rings. The number of carbonyl (C=O) groups excluding carboxylic acids is 1. The summed E-state index contributed by atoms with van der Waals surface area (Å²) < 4.78 is 0. The number of nitrogens with two attached hydrogens (primary N) is 1. The fraction of sp³-hybridized carbons (Fsp3) is 0.200. The zero-order valence-electron chi connectivity index (χ0n) is 8.28. The van der Waals surface area contributed by atoms with Crippen LogP contribution >= 0.6 is 23.2 Å². The van der Waals surface area contributed by atoms with Crippen molar-refractivity contribution in [3.05, 3.63) is 28.2 Å². The summed E-state index contributed by atoms with van der Waals surface area (Å²) in [6.07, 6.45) is 0.348. The molecule has 16 heavy (non-hydrogen) atoms. The van der Waals surface area contributed by atoms with Crippen molar-refractivity contribution in [1.82, 2.24) is 0 Å². The minimum atomic E-state index is -0.0918. The van der Waals surface area contributed by atoms with E-state index in [0.717, 1.165) is 0 Å². The van der Waals surface area contributed by atoms with E-state index in [1.165, 1.54) is 4.90 Å². The number of aliphatic imine (C=N–C) groups is 1. The third-order valence-electron chi connectivity index (χ3n) is 2.24. The van der Waals surface area contributed by atoms with Gasteiger partial charge >= 0.3 is 0 Å². The fourth-order valence-corrected chi connectivity index (χ4v) is 1.77. The molecular weight excluding hydrogens is 249 g/mol. The number of hydrogen-bond donors (Lipinski definition) is 1. The summed E-state index contributed by atoms with van der Waals surface area (Å²) >= 11 is 11.7. The number of benzene rings is 1. The van der Waals surface area contributed by atoms with E-state index in [1.54, 1.807) is 18.2 Å². The van der Waals surface area contributed by atoms with Crippen LogP contribution in [0.2, 0.25) is 10.0 Å². The Labute approximate surface area is 103 Å². The highest BCUT2D eigenvalue weighted by atomic mass is 35.5. The lowest BCUT2D eigenvalue weighted by atomic mass is 10.2. The lowest BCUT2D eigenvalue weighted by Crippen LogP contribution is -2.45. The maximum Gasteiger partial charge on any atom is 0.235 e. The first-order valence-corrected chi connectivity index (χ1v) is 5.43. The van der Waals surface area contributed by atoms with Crippen LogP contribution in [0.5, 0.6) is 0 Å². The van der Waals surface area contributed by atoms with Gasteiger partial charge in [-0.25, -0.2) is 0 Å². The van der Waals surface area contributed by atoms with Gasteiger partial charge in [-0.05, 0) is 18.2 Å². The van der Waals surface area contributed by atoms with Gasteiger partial charge in [0.1, 0.15) is 0 Å². The van der Waals surface area contributed by atoms with E-state index in [1.807, 2.05) is 0 Å². The van der Waals surface area contributed by atoms with Crippen molar-refractivity contribution >= 4 is 40.8 Å². The molecule has 0 unspecified atom stereocenters. The highest BCUT2D eigenvalue weighted by Crippen LogP contribution is 2.28. The molecule has 1 aromatic carbocycles. The Bertz CT molecular complexity index is 473. The zero-order chi connectivity index (χ0) is 11.7. The maximum absolute atomic E-state index is 11.7.